The molecule has 156 valence electrons. The summed E-state index contributed by atoms with van der Waals surface area (Å²) in [5, 5.41) is 4.34. The molecule has 9 heteroatoms. The van der Waals surface area contributed by atoms with Crippen molar-refractivity contribution >= 4 is 17.8 Å². The van der Waals surface area contributed by atoms with Crippen LogP contribution in [0.4, 0.5) is 19.0 Å². The Hall–Kier alpha value is -2.84. The lowest BCUT2D eigenvalue weighted by Gasteiger charge is -2.22. The van der Waals surface area contributed by atoms with Crippen LogP contribution < -0.4 is 4.90 Å². The average molecular weight is 407 g/mol. The largest absolute Gasteiger partial charge is 0.417 e. The first-order valence-corrected chi connectivity index (χ1v) is 9.42. The maximum atomic E-state index is 12.7. The van der Waals surface area contributed by atoms with Gasteiger partial charge >= 0.3 is 6.18 Å². The van der Waals surface area contributed by atoms with E-state index in [-0.39, 0.29) is 5.91 Å². The maximum Gasteiger partial charge on any atom is 0.417 e. The zero-order valence-electron chi connectivity index (χ0n) is 16.7. The molecule has 0 radical (unpaired) electrons. The van der Waals surface area contributed by atoms with Gasteiger partial charge in [0.1, 0.15) is 5.82 Å². The highest BCUT2D eigenvalue weighted by molar-refractivity contribution is 5.92. The third-order valence-electron chi connectivity index (χ3n) is 5.16. The van der Waals surface area contributed by atoms with Crippen LogP contribution in [0.1, 0.15) is 28.9 Å². The van der Waals surface area contributed by atoms with Crippen molar-refractivity contribution in [1.29, 1.82) is 0 Å². The molecule has 1 aliphatic rings. The molecule has 0 bridgehead atoms. The summed E-state index contributed by atoms with van der Waals surface area (Å²) in [5.41, 5.74) is 2.02. The number of halogens is 3. The first kappa shape index (κ1) is 20.9. The highest BCUT2D eigenvalue weighted by Crippen LogP contribution is 2.29. The normalized spacial score (nSPS) is 15.8. The van der Waals surface area contributed by atoms with Gasteiger partial charge in [-0.15, -0.1) is 0 Å². The SMILES string of the molecule is Cc1nn(C)c(C)c1/C=C/C(=O)N1CCCN(c2ccc(C(F)(F)F)cn2)CC1. The third kappa shape index (κ3) is 4.78. The van der Waals surface area contributed by atoms with E-state index in [4.69, 9.17) is 0 Å². The molecule has 0 aliphatic carbocycles. The lowest BCUT2D eigenvalue weighted by atomic mass is 10.2. The van der Waals surface area contributed by atoms with Crippen LogP contribution >= 0.6 is 0 Å². The van der Waals surface area contributed by atoms with E-state index in [2.05, 4.69) is 10.1 Å². The number of rotatable bonds is 3. The van der Waals surface area contributed by atoms with Crippen molar-refractivity contribution in [2.45, 2.75) is 26.4 Å². The molecule has 2 aromatic rings. The topological polar surface area (TPSA) is 54.3 Å². The van der Waals surface area contributed by atoms with Crippen LogP contribution in [0.2, 0.25) is 0 Å². The van der Waals surface area contributed by atoms with E-state index in [0.717, 1.165) is 29.2 Å². The Labute approximate surface area is 167 Å². The van der Waals surface area contributed by atoms with Gasteiger partial charge in [-0.1, -0.05) is 0 Å². The summed E-state index contributed by atoms with van der Waals surface area (Å²) in [6, 6.07) is 2.42. The van der Waals surface area contributed by atoms with Gasteiger partial charge in [0.25, 0.3) is 0 Å². The summed E-state index contributed by atoms with van der Waals surface area (Å²) in [6.07, 6.45) is 0.519. The minimum atomic E-state index is -4.40. The van der Waals surface area contributed by atoms with Gasteiger partial charge in [-0.25, -0.2) is 4.98 Å². The van der Waals surface area contributed by atoms with Crippen molar-refractivity contribution in [2.24, 2.45) is 7.05 Å². The Morgan fingerprint density at radius 2 is 1.90 bits per heavy atom. The molecule has 2 aromatic heterocycles. The van der Waals surface area contributed by atoms with E-state index in [1.807, 2.05) is 25.8 Å². The highest BCUT2D eigenvalue weighted by atomic mass is 19.4. The molecule has 29 heavy (non-hydrogen) atoms. The van der Waals surface area contributed by atoms with E-state index in [1.54, 1.807) is 21.7 Å². The molecule has 0 aromatic carbocycles. The Bertz CT molecular complexity index is 902. The Balaban J connectivity index is 1.63. The van der Waals surface area contributed by atoms with E-state index in [0.29, 0.717) is 38.4 Å². The second-order valence-corrected chi connectivity index (χ2v) is 7.11. The van der Waals surface area contributed by atoms with Gasteiger partial charge in [-0.05, 0) is 38.5 Å². The molecule has 0 saturated carbocycles. The summed E-state index contributed by atoms with van der Waals surface area (Å²) in [5.74, 6) is 0.402. The van der Waals surface area contributed by atoms with Crippen LogP contribution in [-0.4, -0.2) is 51.8 Å². The van der Waals surface area contributed by atoms with Crippen molar-refractivity contribution in [2.75, 3.05) is 31.1 Å². The fraction of sp³-hybridized carbons (Fsp3) is 0.450. The molecule has 1 aliphatic heterocycles. The van der Waals surface area contributed by atoms with Crippen molar-refractivity contribution in [3.8, 4) is 0 Å². The average Bonchev–Trinajstić information content (AvgIpc) is 2.85. The summed E-state index contributed by atoms with van der Waals surface area (Å²) >= 11 is 0. The van der Waals surface area contributed by atoms with Gasteiger partial charge in [-0.2, -0.15) is 18.3 Å². The minimum absolute atomic E-state index is 0.0881. The number of alkyl halides is 3. The monoisotopic (exact) mass is 407 g/mol. The molecule has 0 spiro atoms. The number of amides is 1. The van der Waals surface area contributed by atoms with E-state index < -0.39 is 11.7 Å². The molecular weight excluding hydrogens is 383 g/mol. The van der Waals surface area contributed by atoms with Gasteiger partial charge in [-0.3, -0.25) is 9.48 Å². The molecule has 6 nitrogen and oxygen atoms in total. The zero-order chi connectivity index (χ0) is 21.2. The number of anilines is 1. The van der Waals surface area contributed by atoms with Gasteiger partial charge in [0, 0.05) is 56.8 Å². The van der Waals surface area contributed by atoms with Crippen LogP contribution in [0.15, 0.2) is 24.4 Å². The second kappa shape index (κ2) is 8.26. The Morgan fingerprint density at radius 3 is 2.48 bits per heavy atom. The molecule has 3 rings (SSSR count). The zero-order valence-corrected chi connectivity index (χ0v) is 16.7. The second-order valence-electron chi connectivity index (χ2n) is 7.11. The molecule has 0 N–H and O–H groups in total. The first-order chi connectivity index (χ1) is 13.7. The number of aromatic nitrogens is 3. The van der Waals surface area contributed by atoms with Crippen molar-refractivity contribution in [1.82, 2.24) is 19.7 Å². The summed E-state index contributed by atoms with van der Waals surface area (Å²) < 4.78 is 39.9. The predicted molar refractivity (Wildman–Crippen MR) is 104 cm³/mol. The smallest absolute Gasteiger partial charge is 0.355 e. The van der Waals surface area contributed by atoms with Crippen LogP contribution in [0.5, 0.6) is 0 Å². The number of hydrogen-bond donors (Lipinski definition) is 0. The minimum Gasteiger partial charge on any atom is -0.355 e. The molecule has 3 heterocycles. The van der Waals surface area contributed by atoms with Crippen LogP contribution in [0, 0.1) is 13.8 Å². The molecule has 1 fully saturated rings. The molecule has 1 amide bonds. The van der Waals surface area contributed by atoms with Gasteiger partial charge in [0.05, 0.1) is 11.3 Å². The highest BCUT2D eigenvalue weighted by Gasteiger charge is 2.31. The molecule has 0 unspecified atom stereocenters. The van der Waals surface area contributed by atoms with Crippen molar-refractivity contribution < 1.29 is 18.0 Å². The summed E-state index contributed by atoms with van der Waals surface area (Å²) in [7, 11) is 1.86. The number of carbonyl (C=O) groups excluding carboxylic acids is 1. The number of carbonyl (C=O) groups is 1. The van der Waals surface area contributed by atoms with Crippen molar-refractivity contribution in [3.63, 3.8) is 0 Å². The summed E-state index contributed by atoms with van der Waals surface area (Å²) in [6.45, 7) is 6.07. The predicted octanol–water partition coefficient (Wildman–Crippen LogP) is 3.20. The van der Waals surface area contributed by atoms with E-state index >= 15 is 0 Å². The standard InChI is InChI=1S/C20H24F3N5O/c1-14-17(15(2)26(3)25-14)6-8-19(29)28-10-4-9-27(11-12-28)18-7-5-16(13-24-18)20(21,22)23/h5-8,13H,4,9-12H2,1-3H3/b8-6+. The van der Waals surface area contributed by atoms with Gasteiger partial charge < -0.3 is 9.80 Å². The summed E-state index contributed by atoms with van der Waals surface area (Å²) in [4.78, 5) is 20.2. The lowest BCUT2D eigenvalue weighted by Crippen LogP contribution is -2.34. The number of pyridine rings is 1. The third-order valence-corrected chi connectivity index (χ3v) is 5.16. The molecule has 1 saturated heterocycles. The fourth-order valence-electron chi connectivity index (χ4n) is 3.40. The molecule has 0 atom stereocenters. The lowest BCUT2D eigenvalue weighted by molar-refractivity contribution is -0.137. The number of hydrogen-bond acceptors (Lipinski definition) is 4. The first-order valence-electron chi connectivity index (χ1n) is 9.42. The Kier molecular flexibility index (Phi) is 5.95. The molecular formula is C20H24F3N5O. The van der Waals surface area contributed by atoms with E-state index in [9.17, 15) is 18.0 Å². The van der Waals surface area contributed by atoms with Crippen LogP contribution in [-0.2, 0) is 18.0 Å². The number of nitrogens with zero attached hydrogens (tertiary/aromatic N) is 5. The quantitative estimate of drug-likeness (QED) is 0.734. The van der Waals surface area contributed by atoms with Crippen molar-refractivity contribution in [3.05, 3.63) is 46.9 Å². The van der Waals surface area contributed by atoms with Gasteiger partial charge in [0.2, 0.25) is 5.91 Å². The van der Waals surface area contributed by atoms with E-state index in [1.165, 1.54) is 6.07 Å². The van der Waals surface area contributed by atoms with Gasteiger partial charge in [0.15, 0.2) is 0 Å². The maximum absolute atomic E-state index is 12.7. The van der Waals surface area contributed by atoms with Crippen LogP contribution in [0.3, 0.4) is 0 Å². The Morgan fingerprint density at radius 1 is 1.14 bits per heavy atom. The van der Waals surface area contributed by atoms with Crippen LogP contribution in [0.25, 0.3) is 6.08 Å². The number of aryl methyl sites for hydroxylation is 2. The fourth-order valence-corrected chi connectivity index (χ4v) is 3.40.